The van der Waals surface area contributed by atoms with Gasteiger partial charge >= 0.3 is 0 Å². The average Bonchev–Trinajstić information content (AvgIpc) is 3.38. The zero-order valence-corrected chi connectivity index (χ0v) is 23.8. The van der Waals surface area contributed by atoms with Crippen molar-refractivity contribution in [3.8, 4) is 0 Å². The Labute approximate surface area is 231 Å². The maximum atomic E-state index is 14.1. The number of ketones is 2. The number of likely N-dealkylation sites (N-methyl/N-ethyl adjacent to an activating group) is 1. The van der Waals surface area contributed by atoms with Gasteiger partial charge in [0.2, 0.25) is 5.91 Å². The molecule has 10 atom stereocenters. The van der Waals surface area contributed by atoms with Crippen molar-refractivity contribution < 1.29 is 33.7 Å². The van der Waals surface area contributed by atoms with E-state index in [1.54, 1.807) is 26.1 Å². The van der Waals surface area contributed by atoms with Gasteiger partial charge in [0.1, 0.15) is 13.3 Å². The van der Waals surface area contributed by atoms with Gasteiger partial charge in [-0.1, -0.05) is 38.8 Å². The zero-order valence-electron chi connectivity index (χ0n) is 23.8. The van der Waals surface area contributed by atoms with Crippen LogP contribution < -0.4 is 10.6 Å². The number of hydrogen-bond donors (Lipinski definition) is 3. The van der Waals surface area contributed by atoms with Gasteiger partial charge in [0.15, 0.2) is 23.5 Å². The van der Waals surface area contributed by atoms with Crippen LogP contribution in [-0.2, 0) is 28.6 Å². The first-order valence-electron chi connectivity index (χ1n) is 14.5. The van der Waals surface area contributed by atoms with Gasteiger partial charge in [0, 0.05) is 16.7 Å². The first-order chi connectivity index (χ1) is 18.5. The molecule has 0 aromatic heterocycles. The number of ether oxygens (including phenoxy) is 3. The van der Waals surface area contributed by atoms with Crippen molar-refractivity contribution in [2.24, 2.45) is 28.6 Å². The van der Waals surface area contributed by atoms with Gasteiger partial charge in [-0.05, 0) is 70.1 Å². The Balaban J connectivity index is 1.41. The summed E-state index contributed by atoms with van der Waals surface area (Å²) in [5, 5.41) is 17.3. The van der Waals surface area contributed by atoms with Crippen LogP contribution >= 0.6 is 0 Å². The molecule has 5 rings (SSSR count). The van der Waals surface area contributed by atoms with Gasteiger partial charge in [-0.25, -0.2) is 0 Å². The number of fused-ring (bicyclic) bond motifs is 7. The van der Waals surface area contributed by atoms with E-state index in [9.17, 15) is 19.5 Å². The minimum Gasteiger partial charge on any atom is -0.393 e. The summed E-state index contributed by atoms with van der Waals surface area (Å²) in [6.07, 6.45) is 8.11. The number of rotatable bonds is 9. The van der Waals surface area contributed by atoms with Crippen molar-refractivity contribution >= 4 is 17.5 Å². The molecule has 1 amide bonds. The molecule has 9 nitrogen and oxygen atoms in total. The highest BCUT2D eigenvalue weighted by atomic mass is 16.7. The molecule has 4 fully saturated rings. The van der Waals surface area contributed by atoms with E-state index >= 15 is 0 Å². The molecular formula is C30H44N2O7. The van der Waals surface area contributed by atoms with Crippen LogP contribution in [0.25, 0.3) is 0 Å². The van der Waals surface area contributed by atoms with E-state index in [1.807, 2.05) is 6.08 Å². The Kier molecular flexibility index (Phi) is 7.70. The number of nitrogens with one attached hydrogen (secondary N) is 2. The second-order valence-corrected chi connectivity index (χ2v) is 12.6. The lowest BCUT2D eigenvalue weighted by molar-refractivity contribution is -0.201. The molecule has 1 heterocycles. The van der Waals surface area contributed by atoms with Crippen LogP contribution in [0.3, 0.4) is 0 Å². The topological polar surface area (TPSA) is 123 Å². The van der Waals surface area contributed by atoms with Crippen molar-refractivity contribution in [2.75, 3.05) is 20.4 Å². The van der Waals surface area contributed by atoms with Crippen LogP contribution in [0.2, 0.25) is 0 Å². The average molecular weight is 545 g/mol. The number of carbonyl (C=O) groups excluding carboxylic acids is 3. The minimum absolute atomic E-state index is 0.0105. The van der Waals surface area contributed by atoms with Crippen molar-refractivity contribution in [3.05, 3.63) is 23.8 Å². The third-order valence-electron chi connectivity index (χ3n) is 10.6. The fourth-order valence-corrected chi connectivity index (χ4v) is 8.66. The summed E-state index contributed by atoms with van der Waals surface area (Å²) in [5.41, 5.74) is -1.15. The third-order valence-corrected chi connectivity index (χ3v) is 10.6. The lowest BCUT2D eigenvalue weighted by Crippen LogP contribution is -2.63. The molecule has 5 aliphatic rings. The third kappa shape index (κ3) is 4.36. The first-order valence-corrected chi connectivity index (χ1v) is 14.5. The van der Waals surface area contributed by atoms with Crippen LogP contribution in [0.1, 0.15) is 66.2 Å². The second-order valence-electron chi connectivity index (χ2n) is 12.6. The zero-order chi connectivity index (χ0) is 28.2. The standard InChI is InChI=1S/C30H44N2O7/c1-6-7-25-38-24-13-21-20-9-8-18-12-19(33)10-11-28(18,3)26(20)22(34)14-29(21,4)30(24,39-25)23(35)15-37-16-32-27(36)17(2)31-5/h10-12,17,20-22,24-26,31,34H,6-9,13-16H2,1-5H3,(H,32,36)/t17-,20-,21-,22-,24+,25?,26+,28-,29-,30+/m0/s1. The number of amides is 1. The molecule has 1 aliphatic heterocycles. The van der Waals surface area contributed by atoms with Gasteiger partial charge in [0.05, 0.1) is 18.2 Å². The summed E-state index contributed by atoms with van der Waals surface area (Å²) in [6.45, 7) is 7.74. The van der Waals surface area contributed by atoms with Crippen molar-refractivity contribution in [3.63, 3.8) is 0 Å². The molecule has 1 unspecified atom stereocenters. The fraction of sp³-hybridized carbons (Fsp3) is 0.767. The van der Waals surface area contributed by atoms with Gasteiger partial charge in [-0.2, -0.15) is 0 Å². The predicted octanol–water partition coefficient (Wildman–Crippen LogP) is 2.42. The van der Waals surface area contributed by atoms with E-state index in [0.717, 1.165) is 24.8 Å². The molecular weight excluding hydrogens is 500 g/mol. The molecule has 0 aromatic rings. The van der Waals surface area contributed by atoms with Crippen molar-refractivity contribution in [2.45, 2.75) is 96.4 Å². The van der Waals surface area contributed by atoms with Crippen LogP contribution in [0, 0.1) is 28.6 Å². The number of hydrogen-bond acceptors (Lipinski definition) is 8. The number of aliphatic hydroxyl groups excluding tert-OH is 1. The highest BCUT2D eigenvalue weighted by Gasteiger charge is 2.75. The normalized spacial score (nSPS) is 43.1. The quantitative estimate of drug-likeness (QED) is 0.299. The second kappa shape index (κ2) is 10.5. The molecule has 0 spiro atoms. The summed E-state index contributed by atoms with van der Waals surface area (Å²) in [7, 11) is 1.70. The summed E-state index contributed by atoms with van der Waals surface area (Å²) in [4.78, 5) is 38.3. The largest absolute Gasteiger partial charge is 0.393 e. The molecule has 3 N–H and O–H groups in total. The monoisotopic (exact) mass is 544 g/mol. The molecule has 0 bridgehead atoms. The van der Waals surface area contributed by atoms with Crippen LogP contribution in [0.4, 0.5) is 0 Å². The minimum atomic E-state index is -1.22. The highest BCUT2D eigenvalue weighted by molar-refractivity contribution is 6.01. The van der Waals surface area contributed by atoms with Crippen molar-refractivity contribution in [1.82, 2.24) is 10.6 Å². The van der Waals surface area contributed by atoms with Gasteiger partial charge in [-0.3, -0.25) is 14.4 Å². The number of carbonyl (C=O) groups is 3. The lowest BCUT2D eigenvalue weighted by Gasteiger charge is -2.59. The Morgan fingerprint density at radius 1 is 1.31 bits per heavy atom. The van der Waals surface area contributed by atoms with Crippen molar-refractivity contribution in [1.29, 1.82) is 0 Å². The highest BCUT2D eigenvalue weighted by Crippen LogP contribution is 2.69. The number of aliphatic hydroxyl groups is 1. The molecule has 9 heteroatoms. The molecule has 1 saturated heterocycles. The molecule has 3 saturated carbocycles. The molecule has 0 aromatic carbocycles. The Morgan fingerprint density at radius 3 is 2.79 bits per heavy atom. The summed E-state index contributed by atoms with van der Waals surface area (Å²) < 4.78 is 18.7. The SMILES string of the molecule is CCCC1O[C@@H]2C[C@H]3[C@@H]4CCC5=CC(=O)C=C[C@]5(C)[C@H]4[C@@H](O)C[C@]3(C)[C@]2(C(=O)COCNC(=O)[C@H](C)NC)O1. The Bertz CT molecular complexity index is 1070. The van der Waals surface area contributed by atoms with Crippen LogP contribution in [0.5, 0.6) is 0 Å². The number of Topliss-reactive ketones (excluding diaryl/α,β-unsaturated/α-hetero) is 1. The fourth-order valence-electron chi connectivity index (χ4n) is 8.66. The molecule has 39 heavy (non-hydrogen) atoms. The van der Waals surface area contributed by atoms with E-state index < -0.39 is 29.5 Å². The van der Waals surface area contributed by atoms with Gasteiger partial charge in [0.25, 0.3) is 0 Å². The van der Waals surface area contributed by atoms with Gasteiger partial charge < -0.3 is 30.0 Å². The lowest BCUT2D eigenvalue weighted by atomic mass is 9.46. The van der Waals surface area contributed by atoms with E-state index in [2.05, 4.69) is 31.4 Å². The van der Waals surface area contributed by atoms with E-state index in [4.69, 9.17) is 14.2 Å². The van der Waals surface area contributed by atoms with Crippen LogP contribution in [0.15, 0.2) is 23.8 Å². The summed E-state index contributed by atoms with van der Waals surface area (Å²) in [5.74, 6) is -0.161. The van der Waals surface area contributed by atoms with E-state index in [-0.39, 0.29) is 60.0 Å². The number of allylic oxidation sites excluding steroid dienone is 4. The van der Waals surface area contributed by atoms with Gasteiger partial charge in [-0.15, -0.1) is 0 Å². The first kappa shape index (κ1) is 28.6. The van der Waals surface area contributed by atoms with E-state index in [1.165, 1.54) is 0 Å². The van der Waals surface area contributed by atoms with E-state index in [0.29, 0.717) is 19.3 Å². The predicted molar refractivity (Wildman–Crippen MR) is 143 cm³/mol. The smallest absolute Gasteiger partial charge is 0.238 e. The Hall–Kier alpha value is -1.91. The van der Waals surface area contributed by atoms with Crippen LogP contribution in [-0.4, -0.2) is 73.1 Å². The Morgan fingerprint density at radius 2 is 2.08 bits per heavy atom. The summed E-state index contributed by atoms with van der Waals surface area (Å²) >= 11 is 0. The molecule has 0 radical (unpaired) electrons. The molecule has 4 aliphatic carbocycles. The summed E-state index contributed by atoms with van der Waals surface area (Å²) in [6, 6.07) is -0.371. The molecule has 216 valence electrons. The maximum Gasteiger partial charge on any atom is 0.238 e. The maximum absolute atomic E-state index is 14.1.